The highest BCUT2D eigenvalue weighted by molar-refractivity contribution is 6.14. The lowest BCUT2D eigenvalue weighted by molar-refractivity contribution is 0.669. The van der Waals surface area contributed by atoms with Crippen LogP contribution in [-0.4, -0.2) is 0 Å². The van der Waals surface area contributed by atoms with Gasteiger partial charge < -0.3 is 13.7 Å². The fourth-order valence-corrected chi connectivity index (χ4v) is 7.47. The summed E-state index contributed by atoms with van der Waals surface area (Å²) in [5, 5.41) is 4.42. The van der Waals surface area contributed by atoms with Crippen molar-refractivity contribution in [2.75, 3.05) is 4.90 Å². The Labute approximate surface area is 295 Å². The summed E-state index contributed by atoms with van der Waals surface area (Å²) in [7, 11) is 0. The first-order valence-corrected chi connectivity index (χ1v) is 17.3. The van der Waals surface area contributed by atoms with Crippen molar-refractivity contribution in [1.82, 2.24) is 0 Å². The summed E-state index contributed by atoms with van der Waals surface area (Å²) >= 11 is 0. The van der Waals surface area contributed by atoms with Crippen molar-refractivity contribution in [3.05, 3.63) is 188 Å². The van der Waals surface area contributed by atoms with Crippen LogP contribution in [0.4, 0.5) is 17.1 Å². The summed E-state index contributed by atoms with van der Waals surface area (Å²) in [5.41, 5.74) is 13.5. The monoisotopic (exact) mass is 653 g/mol. The van der Waals surface area contributed by atoms with E-state index in [2.05, 4.69) is 169 Å². The third-order valence-corrected chi connectivity index (χ3v) is 9.85. The number of nitrogens with zero attached hydrogens (tertiary/aromatic N) is 1. The summed E-state index contributed by atoms with van der Waals surface area (Å²) < 4.78 is 12.8. The van der Waals surface area contributed by atoms with Crippen molar-refractivity contribution >= 4 is 60.9 Å². The molecule has 0 fully saturated rings. The molecule has 0 N–H and O–H groups in total. The van der Waals surface area contributed by atoms with Gasteiger partial charge in [-0.1, -0.05) is 133 Å². The van der Waals surface area contributed by atoms with Crippen molar-refractivity contribution in [3.63, 3.8) is 0 Å². The molecule has 0 aliphatic rings. The van der Waals surface area contributed by atoms with Crippen LogP contribution in [0.2, 0.25) is 0 Å². The molecule has 0 saturated heterocycles. The molecule has 0 bridgehead atoms. The van der Waals surface area contributed by atoms with Crippen molar-refractivity contribution in [1.29, 1.82) is 0 Å². The topological polar surface area (TPSA) is 29.5 Å². The number of para-hydroxylation sites is 3. The van der Waals surface area contributed by atoms with Gasteiger partial charge in [0, 0.05) is 33.1 Å². The average molecular weight is 654 g/mol. The predicted molar refractivity (Wildman–Crippen MR) is 212 cm³/mol. The second-order valence-corrected chi connectivity index (χ2v) is 12.9. The molecule has 0 atom stereocenters. The number of hydrogen-bond donors (Lipinski definition) is 0. The van der Waals surface area contributed by atoms with E-state index in [1.54, 1.807) is 0 Å². The maximum atomic E-state index is 6.42. The zero-order chi connectivity index (χ0) is 33.7. The second kappa shape index (κ2) is 11.9. The Morgan fingerprint density at radius 3 is 1.61 bits per heavy atom. The minimum atomic E-state index is 0.856. The molecule has 0 unspecified atom stereocenters. The van der Waals surface area contributed by atoms with Crippen molar-refractivity contribution < 1.29 is 8.83 Å². The lowest BCUT2D eigenvalue weighted by Crippen LogP contribution is -2.10. The molecular weight excluding hydrogens is 623 g/mol. The highest BCUT2D eigenvalue weighted by Crippen LogP contribution is 2.45. The van der Waals surface area contributed by atoms with E-state index in [1.165, 1.54) is 0 Å². The highest BCUT2D eigenvalue weighted by atomic mass is 16.3. The maximum absolute atomic E-state index is 6.42. The van der Waals surface area contributed by atoms with Crippen molar-refractivity contribution in [3.8, 4) is 33.4 Å². The minimum Gasteiger partial charge on any atom is -0.456 e. The molecule has 0 aliphatic carbocycles. The molecule has 0 spiro atoms. The Hall–Kier alpha value is -6.84. The van der Waals surface area contributed by atoms with E-state index >= 15 is 0 Å². The zero-order valence-electron chi connectivity index (χ0n) is 27.7. The number of anilines is 3. The smallest absolute Gasteiger partial charge is 0.143 e. The van der Waals surface area contributed by atoms with Gasteiger partial charge >= 0.3 is 0 Å². The van der Waals surface area contributed by atoms with Crippen LogP contribution in [-0.2, 0) is 0 Å². The van der Waals surface area contributed by atoms with Gasteiger partial charge in [0.1, 0.15) is 22.3 Å². The molecule has 0 radical (unpaired) electrons. The first-order valence-electron chi connectivity index (χ1n) is 17.3. The van der Waals surface area contributed by atoms with Gasteiger partial charge in [0.2, 0.25) is 0 Å². The molecule has 8 aromatic carbocycles. The molecule has 0 amide bonds. The van der Waals surface area contributed by atoms with Gasteiger partial charge in [0.15, 0.2) is 0 Å². The van der Waals surface area contributed by atoms with Crippen LogP contribution < -0.4 is 4.90 Å². The Balaban J connectivity index is 1.20. The van der Waals surface area contributed by atoms with Crippen LogP contribution in [0, 0.1) is 0 Å². The zero-order valence-corrected chi connectivity index (χ0v) is 27.7. The molecule has 3 nitrogen and oxygen atoms in total. The van der Waals surface area contributed by atoms with Gasteiger partial charge in [-0.25, -0.2) is 0 Å². The molecule has 2 heterocycles. The molecule has 10 aromatic rings. The van der Waals surface area contributed by atoms with E-state index in [4.69, 9.17) is 8.83 Å². The van der Waals surface area contributed by atoms with Crippen LogP contribution in [0.3, 0.4) is 0 Å². The van der Waals surface area contributed by atoms with Crippen LogP contribution in [0.25, 0.3) is 77.3 Å². The number of hydrogen-bond acceptors (Lipinski definition) is 3. The Kier molecular flexibility index (Phi) is 6.81. The van der Waals surface area contributed by atoms with E-state index in [0.717, 1.165) is 94.3 Å². The highest BCUT2D eigenvalue weighted by Gasteiger charge is 2.21. The van der Waals surface area contributed by atoms with Crippen LogP contribution in [0.5, 0.6) is 0 Å². The largest absolute Gasteiger partial charge is 0.456 e. The van der Waals surface area contributed by atoms with Gasteiger partial charge in [0.25, 0.3) is 0 Å². The number of benzene rings is 8. The van der Waals surface area contributed by atoms with Crippen LogP contribution in [0.15, 0.2) is 197 Å². The first-order chi connectivity index (χ1) is 25.3. The normalized spacial score (nSPS) is 11.5. The first kappa shape index (κ1) is 29.1. The summed E-state index contributed by atoms with van der Waals surface area (Å²) in [6, 6.07) is 66.2. The molecular formula is C48H31NO2. The minimum absolute atomic E-state index is 0.856. The maximum Gasteiger partial charge on any atom is 0.143 e. The average Bonchev–Trinajstić information content (AvgIpc) is 3.78. The van der Waals surface area contributed by atoms with Gasteiger partial charge in [0.05, 0.1) is 11.1 Å². The third kappa shape index (κ3) is 4.98. The summed E-state index contributed by atoms with van der Waals surface area (Å²) in [6.45, 7) is 0. The standard InChI is InChI=1S/C48H31NO2/c1-3-13-32(14-4-1)35-29-36(33-15-5-2-6-16-33)31-38(30-35)49(43-21-12-24-46-47(43)42-18-8-10-23-45(42)50-46)37-27-25-34(26-28-37)39-19-11-20-41-40-17-7-9-22-44(40)51-48(39)41/h1-31H. The summed E-state index contributed by atoms with van der Waals surface area (Å²) in [4.78, 5) is 2.37. The molecule has 51 heavy (non-hydrogen) atoms. The van der Waals surface area contributed by atoms with Gasteiger partial charge in [-0.2, -0.15) is 0 Å². The van der Waals surface area contributed by atoms with E-state index in [-0.39, 0.29) is 0 Å². The van der Waals surface area contributed by atoms with E-state index in [9.17, 15) is 0 Å². The van der Waals surface area contributed by atoms with E-state index < -0.39 is 0 Å². The Morgan fingerprint density at radius 2 is 0.902 bits per heavy atom. The fourth-order valence-electron chi connectivity index (χ4n) is 7.47. The van der Waals surface area contributed by atoms with Gasteiger partial charge in [-0.15, -0.1) is 0 Å². The second-order valence-electron chi connectivity index (χ2n) is 12.9. The quantitative estimate of drug-likeness (QED) is 0.179. The van der Waals surface area contributed by atoms with Crippen LogP contribution >= 0.6 is 0 Å². The molecule has 0 saturated carbocycles. The number of furan rings is 2. The van der Waals surface area contributed by atoms with E-state index in [1.807, 2.05) is 24.3 Å². The molecule has 240 valence electrons. The SMILES string of the molecule is c1ccc(-c2cc(-c3ccccc3)cc(N(c3ccc(-c4cccc5c4oc4ccccc45)cc3)c3cccc4oc5ccccc5c34)c2)cc1. The number of fused-ring (bicyclic) bond motifs is 6. The predicted octanol–water partition coefficient (Wildman–Crippen LogP) is 14.0. The van der Waals surface area contributed by atoms with Gasteiger partial charge in [-0.05, 0) is 82.4 Å². The molecule has 3 heteroatoms. The Bertz CT molecular complexity index is 2790. The lowest BCUT2D eigenvalue weighted by Gasteiger charge is -2.28. The molecule has 0 aliphatic heterocycles. The van der Waals surface area contributed by atoms with Gasteiger partial charge in [-0.3, -0.25) is 0 Å². The van der Waals surface area contributed by atoms with Crippen LogP contribution in [0.1, 0.15) is 0 Å². The lowest BCUT2D eigenvalue weighted by atomic mass is 9.97. The van der Waals surface area contributed by atoms with Crippen molar-refractivity contribution in [2.24, 2.45) is 0 Å². The van der Waals surface area contributed by atoms with E-state index in [0.29, 0.717) is 0 Å². The summed E-state index contributed by atoms with van der Waals surface area (Å²) in [5.74, 6) is 0. The molecule has 2 aromatic heterocycles. The Morgan fingerprint density at radius 1 is 0.333 bits per heavy atom. The molecule has 10 rings (SSSR count). The number of rotatable bonds is 6. The van der Waals surface area contributed by atoms with Crippen molar-refractivity contribution in [2.45, 2.75) is 0 Å². The summed E-state index contributed by atoms with van der Waals surface area (Å²) in [6.07, 6.45) is 0. The third-order valence-electron chi connectivity index (χ3n) is 9.85. The fraction of sp³-hybridized carbons (Fsp3) is 0.